The first-order valence-corrected chi connectivity index (χ1v) is 14.1. The summed E-state index contributed by atoms with van der Waals surface area (Å²) in [4.78, 5) is 12.5. The van der Waals surface area contributed by atoms with Gasteiger partial charge in [0, 0.05) is 16.9 Å². The molecule has 1 unspecified atom stereocenters. The summed E-state index contributed by atoms with van der Waals surface area (Å²) >= 11 is 1.91. The highest BCUT2D eigenvalue weighted by molar-refractivity contribution is 7.98. The topological polar surface area (TPSA) is 52.3 Å². The van der Waals surface area contributed by atoms with E-state index >= 15 is 0 Å². The van der Waals surface area contributed by atoms with Gasteiger partial charge in [-0.15, -0.1) is 0 Å². The zero-order valence-electron chi connectivity index (χ0n) is 22.1. The van der Waals surface area contributed by atoms with E-state index in [1.807, 2.05) is 37.7 Å². The van der Waals surface area contributed by atoms with Gasteiger partial charge in [-0.25, -0.2) is 0 Å². The number of carbonyl (C=O) groups excluding carboxylic acids is 1. The summed E-state index contributed by atoms with van der Waals surface area (Å²) < 4.78 is 11.0. The van der Waals surface area contributed by atoms with E-state index in [0.29, 0.717) is 6.61 Å². The fraction of sp³-hybridized carbons (Fsp3) is 0.312. The Hall–Kier alpha value is -3.31. The molecule has 0 N–H and O–H groups in total. The maximum absolute atomic E-state index is 12.5. The molecule has 4 nitrogen and oxygen atoms in total. The predicted molar refractivity (Wildman–Crippen MR) is 153 cm³/mol. The number of hydrogen-bond acceptors (Lipinski definition) is 5. The Morgan fingerprint density at radius 3 is 2.16 bits per heavy atom. The van der Waals surface area contributed by atoms with Crippen LogP contribution in [0.4, 0.5) is 0 Å². The molecular formula is C32H35NO3S. The second kappa shape index (κ2) is 12.8. The van der Waals surface area contributed by atoms with Crippen LogP contribution < -0.4 is 0 Å². The van der Waals surface area contributed by atoms with Gasteiger partial charge in [-0.2, -0.15) is 11.8 Å². The van der Waals surface area contributed by atoms with Gasteiger partial charge in [0.2, 0.25) is 0 Å². The smallest absolute Gasteiger partial charge is 0.313 e. The number of aryl methyl sites for hydroxylation is 2. The predicted octanol–water partition coefficient (Wildman–Crippen LogP) is 8.10. The minimum Gasteiger partial charge on any atom is -0.466 e. The SMILES string of the molecule is CCOC(=O)C(c1ccc(-c2ccc(-c3onc(C)c3CSCCc3ccccc3)cc2)cc1)C(C)C. The molecule has 5 heteroatoms. The van der Waals surface area contributed by atoms with Gasteiger partial charge in [0.1, 0.15) is 0 Å². The van der Waals surface area contributed by atoms with Crippen LogP contribution in [-0.4, -0.2) is 23.5 Å². The van der Waals surface area contributed by atoms with Crippen LogP contribution in [0.1, 0.15) is 49.1 Å². The van der Waals surface area contributed by atoms with Crippen LogP contribution >= 0.6 is 11.8 Å². The summed E-state index contributed by atoms with van der Waals surface area (Å²) in [6, 6.07) is 27.2. The number of thioether (sulfide) groups is 1. The van der Waals surface area contributed by atoms with Crippen molar-refractivity contribution in [1.82, 2.24) is 5.16 Å². The Kier molecular flexibility index (Phi) is 9.24. The number of esters is 1. The van der Waals surface area contributed by atoms with E-state index in [0.717, 1.165) is 57.2 Å². The number of carbonyl (C=O) groups is 1. The molecule has 1 aromatic heterocycles. The summed E-state index contributed by atoms with van der Waals surface area (Å²) in [7, 11) is 0. The molecule has 3 aromatic carbocycles. The van der Waals surface area contributed by atoms with Gasteiger partial charge in [0.15, 0.2) is 5.76 Å². The van der Waals surface area contributed by atoms with Gasteiger partial charge >= 0.3 is 5.97 Å². The molecular weight excluding hydrogens is 478 g/mol. The molecule has 4 rings (SSSR count). The fourth-order valence-corrected chi connectivity index (χ4v) is 5.59. The standard InChI is InChI=1S/C32H35NO3S/c1-5-35-32(34)30(22(2)3)27-15-11-25(12-16-27)26-13-17-28(18-14-26)31-29(23(4)33-36-31)21-37-20-19-24-9-7-6-8-10-24/h6-18,22,30H,5,19-21H2,1-4H3. The average molecular weight is 514 g/mol. The van der Waals surface area contributed by atoms with Crippen molar-refractivity contribution in [3.63, 3.8) is 0 Å². The third-order valence-corrected chi connectivity index (χ3v) is 7.55. The highest BCUT2D eigenvalue weighted by Crippen LogP contribution is 2.32. The zero-order valence-corrected chi connectivity index (χ0v) is 22.9. The summed E-state index contributed by atoms with van der Waals surface area (Å²) in [6.45, 7) is 8.35. The lowest BCUT2D eigenvalue weighted by Crippen LogP contribution is -2.20. The van der Waals surface area contributed by atoms with Crippen LogP contribution in [0.15, 0.2) is 83.4 Å². The Balaban J connectivity index is 1.43. The normalized spacial score (nSPS) is 12.0. The van der Waals surface area contributed by atoms with Crippen molar-refractivity contribution in [3.8, 4) is 22.5 Å². The van der Waals surface area contributed by atoms with E-state index in [9.17, 15) is 4.79 Å². The van der Waals surface area contributed by atoms with Crippen LogP contribution in [0.3, 0.4) is 0 Å². The maximum Gasteiger partial charge on any atom is 0.313 e. The summed E-state index contributed by atoms with van der Waals surface area (Å²) in [5.74, 6) is 2.52. The Morgan fingerprint density at radius 2 is 1.54 bits per heavy atom. The average Bonchev–Trinajstić information content (AvgIpc) is 3.28. The highest BCUT2D eigenvalue weighted by Gasteiger charge is 2.25. The van der Waals surface area contributed by atoms with Crippen molar-refractivity contribution in [1.29, 1.82) is 0 Å². The first kappa shape index (κ1) is 26.7. The molecule has 1 atom stereocenters. The Morgan fingerprint density at radius 1 is 0.919 bits per heavy atom. The van der Waals surface area contributed by atoms with Gasteiger partial charge in [-0.3, -0.25) is 4.79 Å². The molecule has 0 aliphatic rings. The van der Waals surface area contributed by atoms with E-state index in [1.54, 1.807) is 0 Å². The molecule has 1 heterocycles. The summed E-state index contributed by atoms with van der Waals surface area (Å²) in [5.41, 5.74) is 7.70. The largest absolute Gasteiger partial charge is 0.466 e. The molecule has 0 amide bonds. The maximum atomic E-state index is 12.5. The minimum absolute atomic E-state index is 0.161. The van der Waals surface area contributed by atoms with Gasteiger partial charge in [0.25, 0.3) is 0 Å². The molecule has 0 fully saturated rings. The number of nitrogens with zero attached hydrogens (tertiary/aromatic N) is 1. The van der Waals surface area contributed by atoms with E-state index in [4.69, 9.17) is 9.26 Å². The van der Waals surface area contributed by atoms with Crippen LogP contribution in [0.5, 0.6) is 0 Å². The van der Waals surface area contributed by atoms with Crippen LogP contribution in [0, 0.1) is 12.8 Å². The lowest BCUT2D eigenvalue weighted by atomic mass is 9.87. The number of rotatable bonds is 11. The molecule has 0 bridgehead atoms. The molecule has 0 radical (unpaired) electrons. The molecule has 192 valence electrons. The number of benzene rings is 3. The molecule has 0 saturated carbocycles. The lowest BCUT2D eigenvalue weighted by Gasteiger charge is -2.19. The summed E-state index contributed by atoms with van der Waals surface area (Å²) in [5, 5.41) is 4.25. The third-order valence-electron chi connectivity index (χ3n) is 6.57. The van der Waals surface area contributed by atoms with Crippen molar-refractivity contribution in [3.05, 3.63) is 101 Å². The van der Waals surface area contributed by atoms with E-state index in [1.165, 1.54) is 5.56 Å². The second-order valence-electron chi connectivity index (χ2n) is 9.54. The first-order valence-electron chi connectivity index (χ1n) is 12.9. The number of hydrogen-bond donors (Lipinski definition) is 0. The van der Waals surface area contributed by atoms with Gasteiger partial charge < -0.3 is 9.26 Å². The molecule has 37 heavy (non-hydrogen) atoms. The molecule has 0 aliphatic carbocycles. The Bertz CT molecular complexity index is 1280. The van der Waals surface area contributed by atoms with E-state index in [-0.39, 0.29) is 17.8 Å². The van der Waals surface area contributed by atoms with Crippen molar-refractivity contribution in [2.75, 3.05) is 12.4 Å². The zero-order chi connectivity index (χ0) is 26.2. The van der Waals surface area contributed by atoms with Crippen molar-refractivity contribution in [2.45, 2.75) is 45.8 Å². The fourth-order valence-electron chi connectivity index (χ4n) is 4.52. The van der Waals surface area contributed by atoms with Crippen LogP contribution in [0.25, 0.3) is 22.5 Å². The van der Waals surface area contributed by atoms with Crippen LogP contribution in [-0.2, 0) is 21.7 Å². The number of aromatic nitrogens is 1. The molecule has 4 aromatic rings. The minimum atomic E-state index is -0.255. The van der Waals surface area contributed by atoms with Gasteiger partial charge in [-0.1, -0.05) is 97.9 Å². The lowest BCUT2D eigenvalue weighted by molar-refractivity contribution is -0.146. The monoisotopic (exact) mass is 513 g/mol. The quantitative estimate of drug-likeness (QED) is 0.150. The first-order chi connectivity index (χ1) is 18.0. The van der Waals surface area contributed by atoms with Gasteiger partial charge in [0.05, 0.1) is 18.2 Å². The van der Waals surface area contributed by atoms with E-state index < -0.39 is 0 Å². The van der Waals surface area contributed by atoms with Crippen molar-refractivity contribution in [2.24, 2.45) is 5.92 Å². The van der Waals surface area contributed by atoms with Crippen LogP contribution in [0.2, 0.25) is 0 Å². The van der Waals surface area contributed by atoms with Gasteiger partial charge in [-0.05, 0) is 54.2 Å². The van der Waals surface area contributed by atoms with Crippen molar-refractivity contribution < 1.29 is 14.1 Å². The van der Waals surface area contributed by atoms with Crippen molar-refractivity contribution >= 4 is 17.7 Å². The van der Waals surface area contributed by atoms with E-state index in [2.05, 4.69) is 85.7 Å². The molecule has 0 spiro atoms. The summed E-state index contributed by atoms with van der Waals surface area (Å²) in [6.07, 6.45) is 1.05. The third kappa shape index (κ3) is 6.72. The molecule has 0 saturated heterocycles. The number of ether oxygens (including phenoxy) is 1. The highest BCUT2D eigenvalue weighted by atomic mass is 32.2. The second-order valence-corrected chi connectivity index (χ2v) is 10.6. The Labute approximate surface area is 224 Å². The molecule has 0 aliphatic heterocycles.